The molecule has 1 aliphatic carbocycles. The fraction of sp³-hybridized carbons (Fsp3) is 0.514. The highest BCUT2D eigenvalue weighted by Gasteiger charge is 2.54. The van der Waals surface area contributed by atoms with E-state index in [0.29, 0.717) is 31.7 Å². The molecule has 1 saturated carbocycles. The summed E-state index contributed by atoms with van der Waals surface area (Å²) in [7, 11) is 0. The summed E-state index contributed by atoms with van der Waals surface area (Å²) < 4.78 is 32.6. The van der Waals surface area contributed by atoms with Gasteiger partial charge in [-0.15, -0.1) is 10.2 Å². The number of aromatic nitrogens is 3. The first-order chi connectivity index (χ1) is 22.7. The van der Waals surface area contributed by atoms with Crippen molar-refractivity contribution >= 4 is 29.3 Å². The van der Waals surface area contributed by atoms with Crippen LogP contribution in [-0.4, -0.2) is 80.9 Å². The maximum atomic E-state index is 14.3. The van der Waals surface area contributed by atoms with Crippen LogP contribution in [0.1, 0.15) is 76.0 Å². The third-order valence-corrected chi connectivity index (χ3v) is 9.23. The number of carbonyl (C=O) groups is 2. The molecule has 256 valence electrons. The molecule has 1 saturated heterocycles. The molecule has 48 heavy (non-hydrogen) atoms. The van der Waals surface area contributed by atoms with E-state index in [2.05, 4.69) is 20.1 Å². The number of carbonyl (C=O) groups excluding carboxylic acids is 2. The van der Waals surface area contributed by atoms with Crippen LogP contribution in [0.2, 0.25) is 5.15 Å². The minimum Gasteiger partial charge on any atom is -0.490 e. The summed E-state index contributed by atoms with van der Waals surface area (Å²) in [5, 5.41) is 8.40. The number of ether oxygens (including phenoxy) is 3. The van der Waals surface area contributed by atoms with Crippen molar-refractivity contribution < 1.29 is 28.2 Å². The van der Waals surface area contributed by atoms with Gasteiger partial charge in [0.25, 0.3) is 11.8 Å². The zero-order valence-electron chi connectivity index (χ0n) is 28.3. The van der Waals surface area contributed by atoms with Gasteiger partial charge in [-0.3, -0.25) is 9.78 Å². The van der Waals surface area contributed by atoms with Crippen molar-refractivity contribution in [3.8, 4) is 17.4 Å². The zero-order valence-corrected chi connectivity index (χ0v) is 29.0. The molecule has 2 fully saturated rings. The van der Waals surface area contributed by atoms with Gasteiger partial charge in [0.1, 0.15) is 34.7 Å². The van der Waals surface area contributed by atoms with Crippen molar-refractivity contribution in [3.05, 3.63) is 64.3 Å². The van der Waals surface area contributed by atoms with E-state index in [-0.39, 0.29) is 51.9 Å². The van der Waals surface area contributed by atoms with Crippen LogP contribution >= 0.6 is 11.6 Å². The molecule has 2 aromatic heterocycles. The van der Waals surface area contributed by atoms with E-state index in [0.717, 1.165) is 42.9 Å². The lowest BCUT2D eigenvalue weighted by atomic mass is 9.61. The second-order valence-electron chi connectivity index (χ2n) is 14.2. The van der Waals surface area contributed by atoms with Crippen molar-refractivity contribution in [2.75, 3.05) is 31.1 Å². The Morgan fingerprint density at radius 3 is 2.56 bits per heavy atom. The lowest BCUT2D eigenvalue weighted by molar-refractivity contribution is -0.0350. The number of pyridine rings is 1. The fourth-order valence-corrected chi connectivity index (χ4v) is 6.91. The van der Waals surface area contributed by atoms with Gasteiger partial charge in [-0.25, -0.2) is 9.18 Å². The van der Waals surface area contributed by atoms with Crippen molar-refractivity contribution in [2.45, 2.75) is 85.1 Å². The topological polar surface area (TPSA) is 110 Å². The molecular formula is C35H42ClFN6O5. The van der Waals surface area contributed by atoms with Crippen LogP contribution in [0.5, 0.6) is 17.4 Å². The predicted octanol–water partition coefficient (Wildman–Crippen LogP) is 6.67. The molecule has 3 aromatic rings. The summed E-state index contributed by atoms with van der Waals surface area (Å²) in [4.78, 5) is 36.1. The third kappa shape index (κ3) is 6.99. The molecule has 11 nitrogen and oxygen atoms in total. The third-order valence-electron chi connectivity index (χ3n) is 9.04. The molecule has 2 amide bonds. The van der Waals surface area contributed by atoms with Crippen LogP contribution in [0.3, 0.4) is 0 Å². The summed E-state index contributed by atoms with van der Waals surface area (Å²) in [6, 6.07) is 7.37. The lowest BCUT2D eigenvalue weighted by Gasteiger charge is -2.59. The highest BCUT2D eigenvalue weighted by atomic mass is 35.5. The normalized spacial score (nSPS) is 17.0. The largest absolute Gasteiger partial charge is 0.490 e. The van der Waals surface area contributed by atoms with E-state index in [1.54, 1.807) is 22.1 Å². The summed E-state index contributed by atoms with van der Waals surface area (Å²) in [5.74, 6) is 0.270. The number of halogens is 2. The number of amides is 2. The molecule has 1 spiro atoms. The molecule has 0 N–H and O–H groups in total. The zero-order chi connectivity index (χ0) is 34.4. The number of benzene rings is 1. The predicted molar refractivity (Wildman–Crippen MR) is 178 cm³/mol. The first-order valence-corrected chi connectivity index (χ1v) is 16.8. The Labute approximate surface area is 285 Å². The smallest absolute Gasteiger partial charge is 0.410 e. The fourth-order valence-electron chi connectivity index (χ4n) is 6.77. The van der Waals surface area contributed by atoms with Gasteiger partial charge in [0.15, 0.2) is 5.15 Å². The van der Waals surface area contributed by atoms with Crippen LogP contribution in [0.25, 0.3) is 0 Å². The molecule has 4 heterocycles. The van der Waals surface area contributed by atoms with Gasteiger partial charge in [0, 0.05) is 61.9 Å². The van der Waals surface area contributed by atoms with Gasteiger partial charge in [-0.1, -0.05) is 11.6 Å². The molecular weight excluding hydrogens is 639 g/mol. The summed E-state index contributed by atoms with van der Waals surface area (Å²) >= 11 is 6.27. The average Bonchev–Trinajstić information content (AvgIpc) is 2.98. The van der Waals surface area contributed by atoms with E-state index >= 15 is 0 Å². The number of rotatable bonds is 8. The summed E-state index contributed by atoms with van der Waals surface area (Å²) in [6.45, 7) is 14.2. The lowest BCUT2D eigenvalue weighted by Crippen LogP contribution is -2.65. The molecule has 2 aliphatic heterocycles. The number of hydrogen-bond donors (Lipinski definition) is 0. The number of hydrogen-bond acceptors (Lipinski definition) is 9. The van der Waals surface area contributed by atoms with Crippen LogP contribution in [-0.2, 0) is 17.7 Å². The SMILES string of the molecule is CCN(C(=O)c1cc(F)ccc1Oc1nnc(Cl)cc1N1CC2(CC(Oc3ccnc4c3CN(C(=O)OC(C)(C)C)CC4)C2)C1)C(C)C. The van der Waals surface area contributed by atoms with Gasteiger partial charge < -0.3 is 28.9 Å². The van der Waals surface area contributed by atoms with Gasteiger partial charge in [-0.2, -0.15) is 0 Å². The standard InChI is InChI=1S/C35H42ClFN6O5/c1-7-43(21(2)3)32(44)24-14-22(37)8-9-28(24)47-31-27(15-30(36)39-40-31)42-19-35(20-42)16-23(17-35)46-29-10-12-38-26-11-13-41(18-25(26)29)33(45)48-34(4,5)6/h8-10,12,14-15,21,23H,7,11,13,16-20H2,1-6H3. The molecule has 6 rings (SSSR count). The molecule has 0 bridgehead atoms. The first kappa shape index (κ1) is 33.7. The van der Waals surface area contributed by atoms with Crippen LogP contribution in [0, 0.1) is 11.2 Å². The van der Waals surface area contributed by atoms with Gasteiger partial charge >= 0.3 is 6.09 Å². The van der Waals surface area contributed by atoms with E-state index in [1.807, 2.05) is 47.6 Å². The molecule has 3 aliphatic rings. The van der Waals surface area contributed by atoms with Crippen molar-refractivity contribution in [3.63, 3.8) is 0 Å². The second-order valence-corrected chi connectivity index (χ2v) is 14.6. The Balaban J connectivity index is 1.11. The van der Waals surface area contributed by atoms with Gasteiger partial charge in [0.2, 0.25) is 0 Å². The summed E-state index contributed by atoms with van der Waals surface area (Å²) in [6.07, 6.45) is 3.82. The molecule has 0 unspecified atom stereocenters. The number of fused-ring (bicyclic) bond motifs is 1. The average molecular weight is 681 g/mol. The Bertz CT molecular complexity index is 1700. The quantitative estimate of drug-likeness (QED) is 0.258. The van der Waals surface area contributed by atoms with E-state index in [1.165, 1.54) is 18.2 Å². The highest BCUT2D eigenvalue weighted by molar-refractivity contribution is 6.29. The van der Waals surface area contributed by atoms with Crippen LogP contribution < -0.4 is 14.4 Å². The highest BCUT2D eigenvalue weighted by Crippen LogP contribution is 2.52. The number of nitrogens with zero attached hydrogens (tertiary/aromatic N) is 6. The van der Waals surface area contributed by atoms with Gasteiger partial charge in [0.05, 0.1) is 17.8 Å². The van der Waals surface area contributed by atoms with Gasteiger partial charge in [-0.05, 0) is 78.6 Å². The van der Waals surface area contributed by atoms with Crippen LogP contribution in [0.15, 0.2) is 36.5 Å². The van der Waals surface area contributed by atoms with Crippen molar-refractivity contribution in [1.29, 1.82) is 0 Å². The van der Waals surface area contributed by atoms with E-state index in [4.69, 9.17) is 25.8 Å². The molecule has 1 aromatic carbocycles. The Morgan fingerprint density at radius 1 is 1.12 bits per heavy atom. The monoisotopic (exact) mass is 680 g/mol. The Morgan fingerprint density at radius 2 is 1.88 bits per heavy atom. The molecule has 0 atom stereocenters. The maximum absolute atomic E-state index is 14.3. The Kier molecular flexibility index (Phi) is 9.14. The number of anilines is 1. The Hall–Kier alpha value is -4.19. The van der Waals surface area contributed by atoms with Crippen LogP contribution in [0.4, 0.5) is 14.9 Å². The summed E-state index contributed by atoms with van der Waals surface area (Å²) in [5.41, 5.74) is 2.13. The maximum Gasteiger partial charge on any atom is 0.410 e. The van der Waals surface area contributed by atoms with Crippen molar-refractivity contribution in [2.24, 2.45) is 5.41 Å². The second kappa shape index (κ2) is 13.0. The van der Waals surface area contributed by atoms with E-state index < -0.39 is 11.4 Å². The molecule has 13 heteroatoms. The minimum atomic E-state index is -0.569. The minimum absolute atomic E-state index is 0.0284. The first-order valence-electron chi connectivity index (χ1n) is 16.4. The van der Waals surface area contributed by atoms with Crippen molar-refractivity contribution in [1.82, 2.24) is 25.0 Å². The van der Waals surface area contributed by atoms with E-state index in [9.17, 15) is 14.0 Å². The molecule has 0 radical (unpaired) electrons.